The molecule has 3 rings (SSSR count). The van der Waals surface area contributed by atoms with Crippen LogP contribution in [-0.4, -0.2) is 36.0 Å². The minimum absolute atomic E-state index is 1.04. The van der Waals surface area contributed by atoms with Gasteiger partial charge >= 0.3 is 0 Å². The lowest BCUT2D eigenvalue weighted by atomic mass is 10.2. The van der Waals surface area contributed by atoms with Crippen molar-refractivity contribution >= 4 is 21.6 Å². The highest BCUT2D eigenvalue weighted by Crippen LogP contribution is 2.21. The van der Waals surface area contributed by atoms with Gasteiger partial charge in [0.1, 0.15) is 0 Å². The van der Waals surface area contributed by atoms with E-state index in [1.807, 2.05) is 10.9 Å². The van der Waals surface area contributed by atoms with Gasteiger partial charge in [-0.05, 0) is 30.7 Å². The van der Waals surface area contributed by atoms with Gasteiger partial charge in [-0.25, -0.2) is 4.68 Å². The Labute approximate surface area is 121 Å². The first-order valence-corrected chi connectivity index (χ1v) is 7.30. The molecule has 1 aliphatic heterocycles. The van der Waals surface area contributed by atoms with Crippen LogP contribution in [0.15, 0.2) is 35.1 Å². The van der Waals surface area contributed by atoms with E-state index in [-0.39, 0.29) is 0 Å². The molecule has 4 nitrogen and oxygen atoms in total. The summed E-state index contributed by atoms with van der Waals surface area (Å²) in [6.45, 7) is 6.27. The predicted octanol–water partition coefficient (Wildman–Crippen LogP) is 2.35. The number of nitrogens with one attached hydrogen (secondary N) is 1. The van der Waals surface area contributed by atoms with E-state index in [2.05, 4.69) is 62.6 Å². The van der Waals surface area contributed by atoms with Crippen molar-refractivity contribution < 1.29 is 0 Å². The van der Waals surface area contributed by atoms with E-state index in [9.17, 15) is 0 Å². The summed E-state index contributed by atoms with van der Waals surface area (Å²) in [5, 5.41) is 7.83. The average molecular weight is 321 g/mol. The summed E-state index contributed by atoms with van der Waals surface area (Å²) in [5.74, 6) is 0. The second-order valence-corrected chi connectivity index (χ2v) is 5.67. The van der Waals surface area contributed by atoms with Gasteiger partial charge in [0.25, 0.3) is 0 Å². The van der Waals surface area contributed by atoms with Crippen LogP contribution in [0.3, 0.4) is 0 Å². The Morgan fingerprint density at radius 1 is 1.21 bits per heavy atom. The van der Waals surface area contributed by atoms with Crippen LogP contribution in [0, 0.1) is 6.92 Å². The number of aromatic nitrogens is 2. The number of nitrogens with zero attached hydrogens (tertiary/aromatic N) is 3. The zero-order valence-corrected chi connectivity index (χ0v) is 12.5. The third-order valence-corrected chi connectivity index (χ3v) is 4.35. The quantitative estimate of drug-likeness (QED) is 0.922. The lowest BCUT2D eigenvalue weighted by Gasteiger charge is -2.27. The molecule has 1 fully saturated rings. The van der Waals surface area contributed by atoms with Crippen molar-refractivity contribution in [3.05, 3.63) is 40.6 Å². The minimum Gasteiger partial charge on any atom is -0.366 e. The molecule has 100 valence electrons. The molecular formula is C14H17BrN4. The molecule has 0 amide bonds. The molecule has 5 heteroatoms. The first-order valence-electron chi connectivity index (χ1n) is 6.51. The fourth-order valence-corrected chi connectivity index (χ4v) is 2.56. The molecule has 0 atom stereocenters. The first-order chi connectivity index (χ1) is 9.24. The molecule has 1 saturated heterocycles. The highest BCUT2D eigenvalue weighted by atomic mass is 79.9. The standard InChI is InChI=1S/C14H17BrN4/c1-11-8-12(2-3-14(11)15)19-10-13(9-17-19)18-6-4-16-5-7-18/h2-3,8-10,16H,4-7H2,1H3. The number of halogens is 1. The van der Waals surface area contributed by atoms with E-state index in [0.717, 1.165) is 36.3 Å². The summed E-state index contributed by atoms with van der Waals surface area (Å²) in [6, 6.07) is 6.28. The second-order valence-electron chi connectivity index (χ2n) is 4.81. The first kappa shape index (κ1) is 12.7. The maximum Gasteiger partial charge on any atom is 0.0758 e. The van der Waals surface area contributed by atoms with Gasteiger partial charge in [-0.1, -0.05) is 15.9 Å². The SMILES string of the molecule is Cc1cc(-n2cc(N3CCNCC3)cn2)ccc1Br. The third-order valence-electron chi connectivity index (χ3n) is 3.46. The summed E-state index contributed by atoms with van der Waals surface area (Å²) >= 11 is 3.52. The third kappa shape index (κ3) is 2.67. The van der Waals surface area contributed by atoms with Crippen LogP contribution in [0.1, 0.15) is 5.56 Å². The monoisotopic (exact) mass is 320 g/mol. The molecule has 1 aromatic carbocycles. The molecule has 2 heterocycles. The molecule has 1 aromatic heterocycles. The van der Waals surface area contributed by atoms with Crippen LogP contribution in [0.4, 0.5) is 5.69 Å². The van der Waals surface area contributed by atoms with Crippen LogP contribution < -0.4 is 10.2 Å². The molecule has 0 spiro atoms. The fourth-order valence-electron chi connectivity index (χ4n) is 2.31. The summed E-state index contributed by atoms with van der Waals surface area (Å²) in [4.78, 5) is 2.37. The van der Waals surface area contributed by atoms with Gasteiger partial charge in [-0.2, -0.15) is 5.10 Å². The van der Waals surface area contributed by atoms with E-state index in [0.29, 0.717) is 0 Å². The normalized spacial score (nSPS) is 15.8. The van der Waals surface area contributed by atoms with E-state index >= 15 is 0 Å². The van der Waals surface area contributed by atoms with Crippen molar-refractivity contribution in [2.24, 2.45) is 0 Å². The van der Waals surface area contributed by atoms with Crippen LogP contribution in [0.25, 0.3) is 5.69 Å². The second kappa shape index (κ2) is 5.35. The van der Waals surface area contributed by atoms with Crippen LogP contribution >= 0.6 is 15.9 Å². The molecule has 0 aliphatic carbocycles. The van der Waals surface area contributed by atoms with E-state index in [1.54, 1.807) is 0 Å². The predicted molar refractivity (Wildman–Crippen MR) is 81.1 cm³/mol. The Hall–Kier alpha value is -1.33. The fraction of sp³-hybridized carbons (Fsp3) is 0.357. The Morgan fingerprint density at radius 2 is 2.00 bits per heavy atom. The molecule has 0 bridgehead atoms. The number of piperazine rings is 1. The maximum atomic E-state index is 4.47. The molecule has 19 heavy (non-hydrogen) atoms. The summed E-state index contributed by atoms with van der Waals surface area (Å²) in [5.41, 5.74) is 3.51. The van der Waals surface area contributed by atoms with Crippen molar-refractivity contribution in [3.63, 3.8) is 0 Å². The Morgan fingerprint density at radius 3 is 2.74 bits per heavy atom. The molecule has 0 radical (unpaired) electrons. The highest BCUT2D eigenvalue weighted by molar-refractivity contribution is 9.10. The summed E-state index contributed by atoms with van der Waals surface area (Å²) < 4.78 is 3.07. The smallest absolute Gasteiger partial charge is 0.0758 e. The number of aryl methyl sites for hydroxylation is 1. The molecule has 1 aliphatic rings. The van der Waals surface area contributed by atoms with Gasteiger partial charge in [0.2, 0.25) is 0 Å². The van der Waals surface area contributed by atoms with Crippen molar-refractivity contribution in [1.29, 1.82) is 0 Å². The van der Waals surface area contributed by atoms with Gasteiger partial charge in [-0.3, -0.25) is 0 Å². The van der Waals surface area contributed by atoms with Gasteiger partial charge in [0.05, 0.1) is 23.8 Å². The Bertz CT molecular complexity index is 573. The maximum absolute atomic E-state index is 4.47. The topological polar surface area (TPSA) is 33.1 Å². The minimum atomic E-state index is 1.04. The summed E-state index contributed by atoms with van der Waals surface area (Å²) in [7, 11) is 0. The zero-order chi connectivity index (χ0) is 13.2. The van der Waals surface area contributed by atoms with Gasteiger partial charge < -0.3 is 10.2 Å². The van der Waals surface area contributed by atoms with Gasteiger partial charge in [-0.15, -0.1) is 0 Å². The largest absolute Gasteiger partial charge is 0.366 e. The molecule has 2 aromatic rings. The lowest BCUT2D eigenvalue weighted by molar-refractivity contribution is 0.589. The van der Waals surface area contributed by atoms with Crippen molar-refractivity contribution in [2.45, 2.75) is 6.92 Å². The van der Waals surface area contributed by atoms with Gasteiger partial charge in [0, 0.05) is 30.7 Å². The summed E-state index contributed by atoms with van der Waals surface area (Å²) in [6.07, 6.45) is 4.05. The van der Waals surface area contributed by atoms with Crippen molar-refractivity contribution in [3.8, 4) is 5.69 Å². The van der Waals surface area contributed by atoms with Crippen molar-refractivity contribution in [2.75, 3.05) is 31.1 Å². The lowest BCUT2D eigenvalue weighted by Crippen LogP contribution is -2.43. The number of benzene rings is 1. The molecule has 1 N–H and O–H groups in total. The van der Waals surface area contributed by atoms with E-state index in [1.165, 1.54) is 11.3 Å². The van der Waals surface area contributed by atoms with E-state index in [4.69, 9.17) is 0 Å². The van der Waals surface area contributed by atoms with Gasteiger partial charge in [0.15, 0.2) is 0 Å². The molecule has 0 unspecified atom stereocenters. The van der Waals surface area contributed by atoms with Crippen LogP contribution in [0.5, 0.6) is 0 Å². The van der Waals surface area contributed by atoms with Crippen LogP contribution in [-0.2, 0) is 0 Å². The number of hydrogen-bond donors (Lipinski definition) is 1. The van der Waals surface area contributed by atoms with E-state index < -0.39 is 0 Å². The Balaban J connectivity index is 1.85. The number of anilines is 1. The zero-order valence-electron chi connectivity index (χ0n) is 10.9. The molecular weight excluding hydrogens is 304 g/mol. The van der Waals surface area contributed by atoms with Crippen LogP contribution in [0.2, 0.25) is 0 Å². The average Bonchev–Trinajstić information content (AvgIpc) is 2.93. The molecule has 0 saturated carbocycles. The number of hydrogen-bond acceptors (Lipinski definition) is 3. The number of rotatable bonds is 2. The van der Waals surface area contributed by atoms with Crippen molar-refractivity contribution in [1.82, 2.24) is 15.1 Å². The highest BCUT2D eigenvalue weighted by Gasteiger charge is 2.12. The Kier molecular flexibility index (Phi) is 3.57.